The molecular weight excluding hydrogens is 383 g/mol. The van der Waals surface area contributed by atoms with Crippen molar-refractivity contribution in [3.8, 4) is 0 Å². The number of nitrogens with two attached hydrogens (primary N) is 1. The minimum atomic E-state index is -0.668. The number of hydrogen-bond donors (Lipinski definition) is 3. The number of rotatable bonds is 6. The SMILES string of the molecule is CCC(NC1CC(=O)NC1C)c1ccc(Cl)c(C(=O)c2ccc(N)nc2)c1F. The first-order valence-electron chi connectivity index (χ1n) is 9.11. The second-order valence-electron chi connectivity index (χ2n) is 6.92. The van der Waals surface area contributed by atoms with Gasteiger partial charge in [-0.2, -0.15) is 0 Å². The highest BCUT2D eigenvalue weighted by molar-refractivity contribution is 6.35. The number of ketones is 1. The maximum Gasteiger partial charge on any atom is 0.221 e. The number of aromatic nitrogens is 1. The van der Waals surface area contributed by atoms with E-state index >= 15 is 4.39 Å². The molecule has 1 aliphatic rings. The van der Waals surface area contributed by atoms with Crippen LogP contribution in [0.4, 0.5) is 10.2 Å². The van der Waals surface area contributed by atoms with Crippen LogP contribution >= 0.6 is 11.6 Å². The van der Waals surface area contributed by atoms with E-state index in [1.807, 2.05) is 13.8 Å². The van der Waals surface area contributed by atoms with Crippen LogP contribution in [0, 0.1) is 5.82 Å². The fraction of sp³-hybridized carbons (Fsp3) is 0.350. The number of amides is 1. The first-order chi connectivity index (χ1) is 13.3. The maximum absolute atomic E-state index is 15.4. The zero-order valence-corrected chi connectivity index (χ0v) is 16.4. The average Bonchev–Trinajstić information content (AvgIpc) is 2.97. The molecular formula is C20H22ClFN4O2. The van der Waals surface area contributed by atoms with Crippen molar-refractivity contribution in [3.63, 3.8) is 0 Å². The Morgan fingerprint density at radius 3 is 2.75 bits per heavy atom. The number of hydrogen-bond acceptors (Lipinski definition) is 5. The summed E-state index contributed by atoms with van der Waals surface area (Å²) in [7, 11) is 0. The van der Waals surface area contributed by atoms with Crippen LogP contribution in [0.3, 0.4) is 0 Å². The van der Waals surface area contributed by atoms with Crippen LogP contribution in [0.5, 0.6) is 0 Å². The Kier molecular flexibility index (Phi) is 5.96. The summed E-state index contributed by atoms with van der Waals surface area (Å²) in [6, 6.07) is 5.51. The van der Waals surface area contributed by atoms with Crippen molar-refractivity contribution < 1.29 is 14.0 Å². The van der Waals surface area contributed by atoms with Crippen molar-refractivity contribution in [2.75, 3.05) is 5.73 Å². The van der Waals surface area contributed by atoms with E-state index < -0.39 is 11.6 Å². The molecule has 0 bridgehead atoms. The van der Waals surface area contributed by atoms with Crippen LogP contribution in [-0.2, 0) is 4.79 Å². The quantitative estimate of drug-likeness (QED) is 0.643. The van der Waals surface area contributed by atoms with Gasteiger partial charge in [-0.3, -0.25) is 9.59 Å². The Morgan fingerprint density at radius 1 is 1.43 bits per heavy atom. The molecule has 2 aromatic rings. The van der Waals surface area contributed by atoms with Crippen molar-refractivity contribution in [2.45, 2.75) is 44.8 Å². The van der Waals surface area contributed by atoms with Gasteiger partial charge in [0.05, 0.1) is 10.6 Å². The van der Waals surface area contributed by atoms with Gasteiger partial charge in [-0.1, -0.05) is 24.6 Å². The van der Waals surface area contributed by atoms with E-state index in [1.54, 1.807) is 6.07 Å². The Hall–Kier alpha value is -2.51. The van der Waals surface area contributed by atoms with Crippen LogP contribution in [0.25, 0.3) is 0 Å². The molecule has 1 aromatic carbocycles. The molecule has 8 heteroatoms. The number of nitrogens with one attached hydrogen (secondary N) is 2. The second kappa shape index (κ2) is 8.24. The third-order valence-electron chi connectivity index (χ3n) is 4.99. The van der Waals surface area contributed by atoms with Crippen molar-refractivity contribution >= 4 is 29.1 Å². The number of nitrogens with zero attached hydrogens (tertiary/aromatic N) is 1. The van der Waals surface area contributed by atoms with E-state index in [2.05, 4.69) is 15.6 Å². The third-order valence-corrected chi connectivity index (χ3v) is 5.31. The summed E-state index contributed by atoms with van der Waals surface area (Å²) in [5.74, 6) is -1.000. The molecule has 1 aliphatic heterocycles. The molecule has 1 aromatic heterocycles. The number of halogens is 2. The normalized spacial score (nSPS) is 20.1. The molecule has 2 heterocycles. The molecule has 4 N–H and O–H groups in total. The van der Waals surface area contributed by atoms with Crippen molar-refractivity contribution in [2.24, 2.45) is 0 Å². The van der Waals surface area contributed by atoms with Gasteiger partial charge in [0, 0.05) is 41.9 Å². The van der Waals surface area contributed by atoms with Crippen LogP contribution < -0.4 is 16.4 Å². The molecule has 0 radical (unpaired) electrons. The van der Waals surface area contributed by atoms with Crippen molar-refractivity contribution in [1.29, 1.82) is 0 Å². The molecule has 1 amide bonds. The summed E-state index contributed by atoms with van der Waals surface area (Å²) < 4.78 is 15.4. The summed E-state index contributed by atoms with van der Waals surface area (Å²) in [6.45, 7) is 3.81. The van der Waals surface area contributed by atoms with Gasteiger partial charge in [-0.05, 0) is 31.5 Å². The Bertz CT molecular complexity index is 904. The van der Waals surface area contributed by atoms with Gasteiger partial charge in [0.15, 0.2) is 5.78 Å². The zero-order chi connectivity index (χ0) is 20.4. The third kappa shape index (κ3) is 4.00. The van der Waals surface area contributed by atoms with E-state index in [0.29, 0.717) is 18.4 Å². The van der Waals surface area contributed by atoms with Gasteiger partial charge in [0.1, 0.15) is 11.6 Å². The predicted molar refractivity (Wildman–Crippen MR) is 106 cm³/mol. The molecule has 0 aliphatic carbocycles. The standard InChI is InChI=1S/C20H22ClFN4O2/c1-3-14(26-15-8-17(27)25-10(15)2)12-5-6-13(21)18(19(12)22)20(28)11-4-7-16(23)24-9-11/h4-7,9-10,14-15,26H,3,8H2,1-2H3,(H2,23,24)(H,25,27). The van der Waals surface area contributed by atoms with Gasteiger partial charge in [-0.25, -0.2) is 9.37 Å². The summed E-state index contributed by atoms with van der Waals surface area (Å²) in [5, 5.41) is 6.20. The van der Waals surface area contributed by atoms with E-state index in [9.17, 15) is 9.59 Å². The lowest BCUT2D eigenvalue weighted by Crippen LogP contribution is -2.40. The van der Waals surface area contributed by atoms with E-state index in [-0.39, 0.29) is 46.0 Å². The van der Waals surface area contributed by atoms with Gasteiger partial charge in [0.2, 0.25) is 5.91 Å². The number of anilines is 1. The second-order valence-corrected chi connectivity index (χ2v) is 7.33. The molecule has 6 nitrogen and oxygen atoms in total. The molecule has 1 saturated heterocycles. The molecule has 3 unspecified atom stereocenters. The molecule has 0 saturated carbocycles. The topological polar surface area (TPSA) is 97.1 Å². The van der Waals surface area contributed by atoms with Gasteiger partial charge < -0.3 is 16.4 Å². The zero-order valence-electron chi connectivity index (χ0n) is 15.6. The summed E-state index contributed by atoms with van der Waals surface area (Å²) in [6.07, 6.45) is 2.20. The van der Waals surface area contributed by atoms with Crippen molar-refractivity contribution in [3.05, 3.63) is 58.0 Å². The Balaban J connectivity index is 1.94. The fourth-order valence-corrected chi connectivity index (χ4v) is 3.64. The van der Waals surface area contributed by atoms with E-state index in [0.717, 1.165) is 0 Å². The smallest absolute Gasteiger partial charge is 0.221 e. The highest BCUT2D eigenvalue weighted by Crippen LogP contribution is 2.30. The summed E-state index contributed by atoms with van der Waals surface area (Å²) in [5.41, 5.74) is 5.89. The first-order valence-corrected chi connectivity index (χ1v) is 9.49. The van der Waals surface area contributed by atoms with E-state index in [4.69, 9.17) is 17.3 Å². The summed E-state index contributed by atoms with van der Waals surface area (Å²) >= 11 is 6.16. The average molecular weight is 405 g/mol. The fourth-order valence-electron chi connectivity index (χ4n) is 3.41. The molecule has 1 fully saturated rings. The monoisotopic (exact) mass is 404 g/mol. The largest absolute Gasteiger partial charge is 0.384 e. The Labute approximate surface area is 167 Å². The van der Waals surface area contributed by atoms with Gasteiger partial charge >= 0.3 is 0 Å². The minimum Gasteiger partial charge on any atom is -0.384 e. The Morgan fingerprint density at radius 2 is 2.18 bits per heavy atom. The predicted octanol–water partition coefficient (Wildman–Crippen LogP) is 3.01. The maximum atomic E-state index is 15.4. The number of carbonyl (C=O) groups excluding carboxylic acids is 2. The molecule has 28 heavy (non-hydrogen) atoms. The first kappa shape index (κ1) is 20.2. The van der Waals surface area contributed by atoms with Crippen LogP contribution in [0.1, 0.15) is 54.2 Å². The number of pyridine rings is 1. The lowest BCUT2D eigenvalue weighted by atomic mass is 9.95. The van der Waals surface area contributed by atoms with Crippen LogP contribution in [-0.4, -0.2) is 28.8 Å². The van der Waals surface area contributed by atoms with Crippen LogP contribution in [0.15, 0.2) is 30.5 Å². The number of nitrogen functional groups attached to an aromatic ring is 1. The highest BCUT2D eigenvalue weighted by Gasteiger charge is 2.32. The molecule has 3 rings (SSSR count). The lowest BCUT2D eigenvalue weighted by molar-refractivity contribution is -0.119. The molecule has 3 atom stereocenters. The van der Waals surface area contributed by atoms with Crippen LogP contribution in [0.2, 0.25) is 5.02 Å². The van der Waals surface area contributed by atoms with Gasteiger partial charge in [-0.15, -0.1) is 0 Å². The summed E-state index contributed by atoms with van der Waals surface area (Å²) in [4.78, 5) is 28.3. The minimum absolute atomic E-state index is 0.0315. The van der Waals surface area contributed by atoms with E-state index in [1.165, 1.54) is 24.4 Å². The van der Waals surface area contributed by atoms with Gasteiger partial charge in [0.25, 0.3) is 0 Å². The highest BCUT2D eigenvalue weighted by atomic mass is 35.5. The van der Waals surface area contributed by atoms with Crippen molar-refractivity contribution in [1.82, 2.24) is 15.6 Å². The number of carbonyl (C=O) groups is 2. The number of benzene rings is 1. The molecule has 148 valence electrons. The molecule has 0 spiro atoms. The lowest BCUT2D eigenvalue weighted by Gasteiger charge is -2.25.